The fourth-order valence-electron chi connectivity index (χ4n) is 2.10. The number of anilines is 1. The Balaban J connectivity index is 2.33. The van der Waals surface area contributed by atoms with Crippen molar-refractivity contribution in [1.29, 1.82) is 0 Å². The Hall–Kier alpha value is -2.63. The summed E-state index contributed by atoms with van der Waals surface area (Å²) < 4.78 is 13.8. The van der Waals surface area contributed by atoms with Crippen molar-refractivity contribution in [3.63, 3.8) is 0 Å². The molecule has 2 aromatic rings. The standard InChI is InChI=1S/C15H15FN2O3/c1-9-3-6-15(18(20)21)14(7-9)17-10(2)12-5-4-11(19)8-13(12)16/h3-8,10,17,19H,1-2H3. The third-order valence-corrected chi connectivity index (χ3v) is 3.17. The Morgan fingerprint density at radius 2 is 2.00 bits per heavy atom. The summed E-state index contributed by atoms with van der Waals surface area (Å²) in [5.74, 6) is -0.727. The van der Waals surface area contributed by atoms with Gasteiger partial charge in [-0.2, -0.15) is 0 Å². The lowest BCUT2D eigenvalue weighted by atomic mass is 10.1. The molecule has 1 unspecified atom stereocenters. The van der Waals surface area contributed by atoms with Crippen molar-refractivity contribution in [2.45, 2.75) is 19.9 Å². The second kappa shape index (κ2) is 5.78. The van der Waals surface area contributed by atoms with Crippen LogP contribution in [-0.4, -0.2) is 10.0 Å². The van der Waals surface area contributed by atoms with Gasteiger partial charge in [0.05, 0.1) is 11.0 Å². The molecule has 21 heavy (non-hydrogen) atoms. The van der Waals surface area contributed by atoms with Crippen molar-refractivity contribution in [1.82, 2.24) is 0 Å². The monoisotopic (exact) mass is 290 g/mol. The molecule has 0 spiro atoms. The maximum atomic E-state index is 13.8. The highest BCUT2D eigenvalue weighted by atomic mass is 19.1. The summed E-state index contributed by atoms with van der Waals surface area (Å²) >= 11 is 0. The Morgan fingerprint density at radius 3 is 2.62 bits per heavy atom. The molecule has 2 aromatic carbocycles. The van der Waals surface area contributed by atoms with Crippen LogP contribution in [0, 0.1) is 22.9 Å². The average molecular weight is 290 g/mol. The van der Waals surface area contributed by atoms with Crippen molar-refractivity contribution in [3.05, 3.63) is 63.5 Å². The molecule has 0 saturated heterocycles. The van der Waals surface area contributed by atoms with E-state index in [4.69, 9.17) is 0 Å². The van der Waals surface area contributed by atoms with E-state index in [2.05, 4.69) is 5.32 Å². The molecule has 0 bridgehead atoms. The van der Waals surface area contributed by atoms with Gasteiger partial charge >= 0.3 is 0 Å². The summed E-state index contributed by atoms with van der Waals surface area (Å²) in [4.78, 5) is 10.5. The third-order valence-electron chi connectivity index (χ3n) is 3.17. The van der Waals surface area contributed by atoms with Gasteiger partial charge in [-0.3, -0.25) is 10.1 Å². The number of aromatic hydroxyl groups is 1. The quantitative estimate of drug-likeness (QED) is 0.661. The van der Waals surface area contributed by atoms with Gasteiger partial charge in [0, 0.05) is 17.7 Å². The summed E-state index contributed by atoms with van der Waals surface area (Å²) in [5, 5.41) is 23.2. The fourth-order valence-corrected chi connectivity index (χ4v) is 2.10. The molecular weight excluding hydrogens is 275 g/mol. The number of hydrogen-bond donors (Lipinski definition) is 2. The van der Waals surface area contributed by atoms with E-state index in [-0.39, 0.29) is 11.4 Å². The lowest BCUT2D eigenvalue weighted by molar-refractivity contribution is -0.384. The van der Waals surface area contributed by atoms with Crippen molar-refractivity contribution in [2.24, 2.45) is 0 Å². The second-order valence-corrected chi connectivity index (χ2v) is 4.85. The summed E-state index contributed by atoms with van der Waals surface area (Å²) in [6.07, 6.45) is 0. The molecule has 0 saturated carbocycles. The predicted octanol–water partition coefficient (Wildman–Crippen LogP) is 3.92. The Morgan fingerprint density at radius 1 is 1.29 bits per heavy atom. The molecular formula is C15H15FN2O3. The third kappa shape index (κ3) is 3.28. The van der Waals surface area contributed by atoms with E-state index in [0.29, 0.717) is 11.3 Å². The van der Waals surface area contributed by atoms with Crippen LogP contribution in [-0.2, 0) is 0 Å². The van der Waals surface area contributed by atoms with Crippen LogP contribution < -0.4 is 5.32 Å². The summed E-state index contributed by atoms with van der Waals surface area (Å²) in [6, 6.07) is 8.06. The normalized spacial score (nSPS) is 12.0. The van der Waals surface area contributed by atoms with Crippen LogP contribution in [0.3, 0.4) is 0 Å². The van der Waals surface area contributed by atoms with Crippen LogP contribution in [0.25, 0.3) is 0 Å². The lowest BCUT2D eigenvalue weighted by Gasteiger charge is -2.17. The van der Waals surface area contributed by atoms with Gasteiger partial charge in [-0.05, 0) is 31.5 Å². The van der Waals surface area contributed by atoms with E-state index in [9.17, 15) is 19.6 Å². The van der Waals surface area contributed by atoms with Gasteiger partial charge in [0.1, 0.15) is 17.3 Å². The zero-order valence-corrected chi connectivity index (χ0v) is 11.6. The van der Waals surface area contributed by atoms with Gasteiger partial charge in [-0.1, -0.05) is 12.1 Å². The minimum absolute atomic E-state index is 0.0633. The van der Waals surface area contributed by atoms with Gasteiger partial charge in [-0.15, -0.1) is 0 Å². The highest BCUT2D eigenvalue weighted by molar-refractivity contribution is 5.63. The molecule has 2 rings (SSSR count). The molecule has 110 valence electrons. The summed E-state index contributed by atoms with van der Waals surface area (Å²) in [7, 11) is 0. The molecule has 0 heterocycles. The number of nitrogens with zero attached hydrogens (tertiary/aromatic N) is 1. The largest absolute Gasteiger partial charge is 0.508 e. The van der Waals surface area contributed by atoms with Crippen LogP contribution in [0.1, 0.15) is 24.1 Å². The SMILES string of the molecule is Cc1ccc([N+](=O)[O-])c(NC(C)c2ccc(O)cc2F)c1. The first kappa shape index (κ1) is 14.8. The molecule has 6 heteroatoms. The van der Waals surface area contributed by atoms with Crippen molar-refractivity contribution >= 4 is 11.4 Å². The maximum Gasteiger partial charge on any atom is 0.292 e. The number of benzene rings is 2. The smallest absolute Gasteiger partial charge is 0.292 e. The summed E-state index contributed by atoms with van der Waals surface area (Å²) in [5.41, 5.74) is 1.46. The van der Waals surface area contributed by atoms with E-state index < -0.39 is 16.8 Å². The van der Waals surface area contributed by atoms with Crippen molar-refractivity contribution < 1.29 is 14.4 Å². The van der Waals surface area contributed by atoms with Crippen molar-refractivity contribution in [2.75, 3.05) is 5.32 Å². The lowest BCUT2D eigenvalue weighted by Crippen LogP contribution is -2.10. The molecule has 0 aliphatic carbocycles. The zero-order chi connectivity index (χ0) is 15.6. The molecule has 5 nitrogen and oxygen atoms in total. The average Bonchev–Trinajstić information content (AvgIpc) is 2.37. The zero-order valence-electron chi connectivity index (χ0n) is 11.6. The maximum absolute atomic E-state index is 13.8. The molecule has 0 aliphatic rings. The number of nitrogens with one attached hydrogen (secondary N) is 1. The minimum Gasteiger partial charge on any atom is -0.508 e. The first-order valence-electron chi connectivity index (χ1n) is 6.38. The topological polar surface area (TPSA) is 75.4 Å². The fraction of sp³-hybridized carbons (Fsp3) is 0.200. The highest BCUT2D eigenvalue weighted by Gasteiger charge is 2.18. The number of halogens is 1. The van der Waals surface area contributed by atoms with Crippen LogP contribution in [0.2, 0.25) is 0 Å². The van der Waals surface area contributed by atoms with Crippen LogP contribution in [0.5, 0.6) is 5.75 Å². The number of nitro benzene ring substituents is 1. The molecule has 0 fully saturated rings. The van der Waals surface area contributed by atoms with Gasteiger partial charge in [0.2, 0.25) is 0 Å². The van der Waals surface area contributed by atoms with Crippen LogP contribution >= 0.6 is 0 Å². The number of rotatable bonds is 4. The molecule has 0 amide bonds. The molecule has 1 atom stereocenters. The molecule has 0 radical (unpaired) electrons. The van der Waals surface area contributed by atoms with Crippen LogP contribution in [0.15, 0.2) is 36.4 Å². The van der Waals surface area contributed by atoms with Gasteiger partial charge < -0.3 is 10.4 Å². The van der Waals surface area contributed by atoms with Gasteiger partial charge in [0.25, 0.3) is 5.69 Å². The minimum atomic E-state index is -0.565. The Kier molecular flexibility index (Phi) is 4.07. The van der Waals surface area contributed by atoms with E-state index >= 15 is 0 Å². The van der Waals surface area contributed by atoms with Crippen LogP contribution in [0.4, 0.5) is 15.8 Å². The number of phenols is 1. The van der Waals surface area contributed by atoms with E-state index in [1.807, 2.05) is 6.92 Å². The number of hydrogen-bond acceptors (Lipinski definition) is 4. The first-order valence-corrected chi connectivity index (χ1v) is 6.38. The van der Waals surface area contributed by atoms with Gasteiger partial charge in [0.15, 0.2) is 0 Å². The molecule has 2 N–H and O–H groups in total. The second-order valence-electron chi connectivity index (χ2n) is 4.85. The predicted molar refractivity (Wildman–Crippen MR) is 77.9 cm³/mol. The first-order chi connectivity index (χ1) is 9.88. The highest BCUT2D eigenvalue weighted by Crippen LogP contribution is 2.30. The number of nitro groups is 1. The van der Waals surface area contributed by atoms with E-state index in [0.717, 1.165) is 11.6 Å². The Bertz CT molecular complexity index is 689. The number of phenolic OH excluding ortho intramolecular Hbond substituents is 1. The van der Waals surface area contributed by atoms with E-state index in [1.54, 1.807) is 19.1 Å². The van der Waals surface area contributed by atoms with E-state index in [1.165, 1.54) is 18.2 Å². The number of aryl methyl sites for hydroxylation is 1. The summed E-state index contributed by atoms with van der Waals surface area (Å²) in [6.45, 7) is 3.52. The van der Waals surface area contributed by atoms with Gasteiger partial charge in [-0.25, -0.2) is 4.39 Å². The molecule has 0 aromatic heterocycles. The van der Waals surface area contributed by atoms with Crippen molar-refractivity contribution in [3.8, 4) is 5.75 Å². The Labute approximate surface area is 121 Å². The molecule has 0 aliphatic heterocycles.